The second-order valence-electron chi connectivity index (χ2n) is 5.61. The molecule has 0 saturated heterocycles. The van der Waals surface area contributed by atoms with Crippen molar-refractivity contribution in [2.24, 2.45) is 11.7 Å². The van der Waals surface area contributed by atoms with Crippen LogP contribution in [0.15, 0.2) is 0 Å². The zero-order valence-electron chi connectivity index (χ0n) is 13.4. The van der Waals surface area contributed by atoms with Crippen LogP contribution in [0.2, 0.25) is 0 Å². The molecule has 0 aromatic heterocycles. The van der Waals surface area contributed by atoms with Crippen LogP contribution in [-0.4, -0.2) is 46.8 Å². The predicted octanol–water partition coefficient (Wildman–Crippen LogP) is -0.587. The summed E-state index contributed by atoms with van der Waals surface area (Å²) < 4.78 is 0. The van der Waals surface area contributed by atoms with Gasteiger partial charge in [0.05, 0.1) is 12.1 Å². The molecule has 0 aromatic rings. The van der Waals surface area contributed by atoms with E-state index >= 15 is 0 Å². The maximum Gasteiger partial charge on any atom is 0.303 e. The van der Waals surface area contributed by atoms with Crippen molar-refractivity contribution in [3.8, 4) is 0 Å². The lowest BCUT2D eigenvalue weighted by Crippen LogP contribution is -2.55. The second-order valence-corrected chi connectivity index (χ2v) is 5.61. The number of amides is 2. The number of carboxylic acids is 1. The van der Waals surface area contributed by atoms with Crippen molar-refractivity contribution in [1.29, 1.82) is 0 Å². The first-order valence-corrected chi connectivity index (χ1v) is 7.14. The van der Waals surface area contributed by atoms with Gasteiger partial charge in [-0.3, -0.25) is 19.2 Å². The third-order valence-electron chi connectivity index (χ3n) is 3.22. The fourth-order valence-electron chi connectivity index (χ4n) is 1.61. The summed E-state index contributed by atoms with van der Waals surface area (Å²) in [5.74, 6) is -2.52. The van der Waals surface area contributed by atoms with Crippen molar-refractivity contribution in [3.05, 3.63) is 0 Å². The third kappa shape index (κ3) is 7.16. The highest BCUT2D eigenvalue weighted by molar-refractivity contribution is 5.93. The number of nitrogens with two attached hydrogens (primary N) is 1. The Morgan fingerprint density at radius 1 is 1.05 bits per heavy atom. The molecule has 8 nitrogen and oxygen atoms in total. The van der Waals surface area contributed by atoms with Gasteiger partial charge in [-0.25, -0.2) is 0 Å². The average Bonchev–Trinajstić information content (AvgIpc) is 2.40. The van der Waals surface area contributed by atoms with E-state index < -0.39 is 35.9 Å². The van der Waals surface area contributed by atoms with Gasteiger partial charge in [0, 0.05) is 6.42 Å². The Morgan fingerprint density at radius 3 is 2.00 bits per heavy atom. The van der Waals surface area contributed by atoms with Gasteiger partial charge in [-0.15, -0.1) is 0 Å². The molecule has 0 aliphatic heterocycles. The van der Waals surface area contributed by atoms with E-state index in [2.05, 4.69) is 10.6 Å². The molecular formula is C14H25N3O5. The molecule has 0 rings (SSSR count). The summed E-state index contributed by atoms with van der Waals surface area (Å²) in [6, 6.07) is -2.49. The number of carbonyl (C=O) groups excluding carboxylic acids is 3. The lowest BCUT2D eigenvalue weighted by atomic mass is 10.0. The molecule has 0 spiro atoms. The Labute approximate surface area is 129 Å². The summed E-state index contributed by atoms with van der Waals surface area (Å²) in [6.07, 6.45) is -0.244. The first-order chi connectivity index (χ1) is 10.1. The van der Waals surface area contributed by atoms with Crippen molar-refractivity contribution >= 4 is 23.6 Å². The Balaban J connectivity index is 4.69. The molecule has 5 N–H and O–H groups in total. The number of nitrogens with one attached hydrogen (secondary N) is 2. The SMILES string of the molecule is CC(=O)[C@H](C)NC(=O)[C@@H](NC(=O)[C@@H](N)CCC(=O)O)C(C)C. The summed E-state index contributed by atoms with van der Waals surface area (Å²) in [7, 11) is 0. The highest BCUT2D eigenvalue weighted by Crippen LogP contribution is 2.04. The lowest BCUT2D eigenvalue weighted by molar-refractivity contribution is -0.137. The summed E-state index contributed by atoms with van der Waals surface area (Å²) in [4.78, 5) is 45.7. The molecule has 8 heteroatoms. The predicted molar refractivity (Wildman–Crippen MR) is 79.9 cm³/mol. The molecule has 0 saturated carbocycles. The number of ketones is 1. The zero-order chi connectivity index (χ0) is 17.4. The highest BCUT2D eigenvalue weighted by Gasteiger charge is 2.27. The molecule has 126 valence electrons. The molecule has 0 unspecified atom stereocenters. The van der Waals surface area contributed by atoms with Crippen LogP contribution >= 0.6 is 0 Å². The maximum absolute atomic E-state index is 12.1. The maximum atomic E-state index is 12.1. The van der Waals surface area contributed by atoms with Gasteiger partial charge in [0.25, 0.3) is 0 Å². The summed E-state index contributed by atoms with van der Waals surface area (Å²) in [5, 5.41) is 13.6. The summed E-state index contributed by atoms with van der Waals surface area (Å²) in [6.45, 7) is 6.39. The summed E-state index contributed by atoms with van der Waals surface area (Å²) in [5.41, 5.74) is 5.60. The van der Waals surface area contributed by atoms with Gasteiger partial charge >= 0.3 is 5.97 Å². The van der Waals surface area contributed by atoms with E-state index in [0.29, 0.717) is 0 Å². The monoisotopic (exact) mass is 315 g/mol. The van der Waals surface area contributed by atoms with Gasteiger partial charge in [0.1, 0.15) is 6.04 Å². The van der Waals surface area contributed by atoms with E-state index in [1.807, 2.05) is 0 Å². The fraction of sp³-hybridized carbons (Fsp3) is 0.714. The van der Waals surface area contributed by atoms with Gasteiger partial charge in [-0.05, 0) is 26.2 Å². The number of rotatable bonds is 9. The molecular weight excluding hydrogens is 290 g/mol. The Kier molecular flexibility index (Phi) is 8.32. The van der Waals surface area contributed by atoms with Gasteiger partial charge in [0.2, 0.25) is 11.8 Å². The number of hydrogen-bond donors (Lipinski definition) is 4. The molecule has 0 bridgehead atoms. The van der Waals surface area contributed by atoms with Crippen LogP contribution in [0, 0.1) is 5.92 Å². The minimum Gasteiger partial charge on any atom is -0.481 e. The van der Waals surface area contributed by atoms with E-state index in [-0.39, 0.29) is 24.5 Å². The fourth-order valence-corrected chi connectivity index (χ4v) is 1.61. The second kappa shape index (κ2) is 9.14. The van der Waals surface area contributed by atoms with Crippen molar-refractivity contribution in [2.75, 3.05) is 0 Å². The number of Topliss-reactive ketones (excluding diaryl/α,β-unsaturated/α-hetero) is 1. The van der Waals surface area contributed by atoms with Crippen LogP contribution in [0.3, 0.4) is 0 Å². The van der Waals surface area contributed by atoms with Gasteiger partial charge in [0.15, 0.2) is 5.78 Å². The minimum atomic E-state index is -1.04. The molecule has 3 atom stereocenters. The van der Waals surface area contributed by atoms with Crippen LogP contribution in [0.4, 0.5) is 0 Å². The molecule has 0 radical (unpaired) electrons. The summed E-state index contributed by atoms with van der Waals surface area (Å²) >= 11 is 0. The van der Waals surface area contributed by atoms with Crippen LogP contribution in [0.25, 0.3) is 0 Å². The molecule has 22 heavy (non-hydrogen) atoms. The van der Waals surface area contributed by atoms with E-state index in [9.17, 15) is 19.2 Å². The number of hydrogen-bond acceptors (Lipinski definition) is 5. The Hall–Kier alpha value is -1.96. The van der Waals surface area contributed by atoms with Crippen molar-refractivity contribution in [3.63, 3.8) is 0 Å². The normalized spacial score (nSPS) is 14.8. The van der Waals surface area contributed by atoms with Crippen molar-refractivity contribution in [1.82, 2.24) is 10.6 Å². The smallest absolute Gasteiger partial charge is 0.303 e. The van der Waals surface area contributed by atoms with Crippen LogP contribution in [0.1, 0.15) is 40.5 Å². The number of carboxylic acid groups (broad SMARTS) is 1. The van der Waals surface area contributed by atoms with Gasteiger partial charge < -0.3 is 21.5 Å². The minimum absolute atomic E-state index is 0.0164. The largest absolute Gasteiger partial charge is 0.481 e. The molecule has 2 amide bonds. The van der Waals surface area contributed by atoms with Gasteiger partial charge in [-0.2, -0.15) is 0 Å². The van der Waals surface area contributed by atoms with Gasteiger partial charge in [-0.1, -0.05) is 13.8 Å². The quantitative estimate of drug-likeness (QED) is 0.449. The van der Waals surface area contributed by atoms with E-state index in [0.717, 1.165) is 0 Å². The van der Waals surface area contributed by atoms with Crippen molar-refractivity contribution < 1.29 is 24.3 Å². The lowest BCUT2D eigenvalue weighted by Gasteiger charge is -2.24. The van der Waals surface area contributed by atoms with Crippen molar-refractivity contribution in [2.45, 2.75) is 58.7 Å². The first kappa shape index (κ1) is 20.0. The van der Waals surface area contributed by atoms with E-state index in [4.69, 9.17) is 10.8 Å². The van der Waals surface area contributed by atoms with E-state index in [1.165, 1.54) is 6.92 Å². The number of aliphatic carboxylic acids is 1. The topological polar surface area (TPSA) is 139 Å². The molecule has 0 heterocycles. The molecule has 0 aliphatic rings. The first-order valence-electron chi connectivity index (χ1n) is 7.14. The van der Waals surface area contributed by atoms with Crippen LogP contribution in [-0.2, 0) is 19.2 Å². The van der Waals surface area contributed by atoms with Crippen LogP contribution < -0.4 is 16.4 Å². The van der Waals surface area contributed by atoms with Crippen LogP contribution in [0.5, 0.6) is 0 Å². The van der Waals surface area contributed by atoms with E-state index in [1.54, 1.807) is 20.8 Å². The standard InChI is InChI=1S/C14H25N3O5/c1-7(2)12(14(22)16-8(3)9(4)18)17-13(21)10(15)5-6-11(19)20/h7-8,10,12H,5-6,15H2,1-4H3,(H,16,22)(H,17,21)(H,19,20)/t8-,10-,12-/m0/s1. The Morgan fingerprint density at radius 2 is 1.59 bits per heavy atom. The molecule has 0 fully saturated rings. The zero-order valence-corrected chi connectivity index (χ0v) is 13.4. The molecule has 0 aromatic carbocycles. The average molecular weight is 315 g/mol. The third-order valence-corrected chi connectivity index (χ3v) is 3.22. The number of carbonyl (C=O) groups is 4. The molecule has 0 aliphatic carbocycles. The Bertz CT molecular complexity index is 436. The highest BCUT2D eigenvalue weighted by atomic mass is 16.4.